The molecule has 0 saturated carbocycles. The summed E-state index contributed by atoms with van der Waals surface area (Å²) < 4.78 is 37.6. The Morgan fingerprint density at radius 1 is 0.636 bits per heavy atom. The highest BCUT2D eigenvalue weighted by Gasteiger charge is 2.51. The van der Waals surface area contributed by atoms with Crippen molar-refractivity contribution in [2.45, 2.75) is 55.8 Å². The van der Waals surface area contributed by atoms with Crippen LogP contribution in [0.2, 0.25) is 0 Å². The fraction of sp³-hybridized carbons (Fsp3) is 0.619. The SMILES string of the molecule is CC(=O)C=CC(=O)O[C@@H]1CO[C@H]2[C@@H]1OC[C@H]2OC(=O)C=CC(=O)O[C@H]1CO[C@H]2[C@@H]1OC[C@H]2O. The lowest BCUT2D eigenvalue weighted by molar-refractivity contribution is -0.151. The molecule has 0 radical (unpaired) electrons. The van der Waals surface area contributed by atoms with Crippen LogP contribution in [0.15, 0.2) is 24.3 Å². The van der Waals surface area contributed by atoms with Gasteiger partial charge in [-0.3, -0.25) is 4.79 Å². The molecule has 33 heavy (non-hydrogen) atoms. The van der Waals surface area contributed by atoms with Gasteiger partial charge in [-0.2, -0.15) is 0 Å². The van der Waals surface area contributed by atoms with Crippen LogP contribution in [0.3, 0.4) is 0 Å². The molecule has 0 aliphatic carbocycles. The molecule has 4 fully saturated rings. The van der Waals surface area contributed by atoms with E-state index < -0.39 is 66.7 Å². The largest absolute Gasteiger partial charge is 0.454 e. The number of fused-ring (bicyclic) bond motifs is 2. The number of ether oxygens (including phenoxy) is 7. The molecule has 12 heteroatoms. The van der Waals surface area contributed by atoms with Gasteiger partial charge in [0.15, 0.2) is 24.1 Å². The summed E-state index contributed by atoms with van der Waals surface area (Å²) in [4.78, 5) is 46.8. The van der Waals surface area contributed by atoms with Crippen LogP contribution in [0.25, 0.3) is 0 Å². The molecular formula is C21H24O12. The maximum absolute atomic E-state index is 12.1. The maximum atomic E-state index is 12.1. The third kappa shape index (κ3) is 5.47. The highest BCUT2D eigenvalue weighted by Crippen LogP contribution is 2.31. The van der Waals surface area contributed by atoms with Gasteiger partial charge < -0.3 is 38.3 Å². The zero-order valence-corrected chi connectivity index (χ0v) is 17.7. The highest BCUT2D eigenvalue weighted by molar-refractivity contribution is 5.94. The van der Waals surface area contributed by atoms with Crippen molar-refractivity contribution in [3.05, 3.63) is 24.3 Å². The van der Waals surface area contributed by atoms with Gasteiger partial charge in [-0.25, -0.2) is 14.4 Å². The summed E-state index contributed by atoms with van der Waals surface area (Å²) in [5.41, 5.74) is 0. The van der Waals surface area contributed by atoms with E-state index in [0.29, 0.717) is 0 Å². The van der Waals surface area contributed by atoms with Gasteiger partial charge in [-0.05, 0) is 13.0 Å². The lowest BCUT2D eigenvalue weighted by atomic mass is 10.1. The standard InChI is InChI=1S/C21H24O12/c1-10(22)2-3-15(24)32-13-8-29-21-14(9-30-20(13)21)33-17(26)5-4-16(25)31-12-7-28-18-11(23)6-27-19(12)18/h2-5,11-14,18-21,23H,6-9H2,1H3/t11-,12+,13-,14-,18-,19-,20-,21-/m1/s1. The number of esters is 3. The maximum Gasteiger partial charge on any atom is 0.331 e. The molecule has 0 aromatic rings. The Kier molecular flexibility index (Phi) is 7.20. The van der Waals surface area contributed by atoms with E-state index in [2.05, 4.69) is 0 Å². The number of carbonyl (C=O) groups is 4. The van der Waals surface area contributed by atoms with Gasteiger partial charge in [0, 0.05) is 18.2 Å². The van der Waals surface area contributed by atoms with Crippen LogP contribution in [0.1, 0.15) is 6.92 Å². The third-order valence-electron chi connectivity index (χ3n) is 5.56. The molecule has 1 N–H and O–H groups in total. The van der Waals surface area contributed by atoms with Crippen molar-refractivity contribution in [2.24, 2.45) is 0 Å². The van der Waals surface area contributed by atoms with Gasteiger partial charge in [0.2, 0.25) is 0 Å². The number of aliphatic hydroxyl groups excluding tert-OH is 1. The Labute approximate surface area is 188 Å². The smallest absolute Gasteiger partial charge is 0.331 e. The van der Waals surface area contributed by atoms with Crippen molar-refractivity contribution in [1.29, 1.82) is 0 Å². The van der Waals surface area contributed by atoms with Gasteiger partial charge in [0.1, 0.15) is 30.5 Å². The summed E-state index contributed by atoms with van der Waals surface area (Å²) in [7, 11) is 0. The van der Waals surface area contributed by atoms with Crippen molar-refractivity contribution in [2.75, 3.05) is 26.4 Å². The molecule has 0 bridgehead atoms. The predicted molar refractivity (Wildman–Crippen MR) is 104 cm³/mol. The van der Waals surface area contributed by atoms with E-state index in [4.69, 9.17) is 33.2 Å². The summed E-state index contributed by atoms with van der Waals surface area (Å²) in [6, 6.07) is 0. The number of allylic oxidation sites excluding steroid dienone is 1. The third-order valence-corrected chi connectivity index (χ3v) is 5.56. The zero-order chi connectivity index (χ0) is 23.5. The van der Waals surface area contributed by atoms with Crippen molar-refractivity contribution in [1.82, 2.24) is 0 Å². The van der Waals surface area contributed by atoms with Crippen molar-refractivity contribution in [3.8, 4) is 0 Å². The van der Waals surface area contributed by atoms with E-state index in [0.717, 1.165) is 24.3 Å². The summed E-state index contributed by atoms with van der Waals surface area (Å²) in [6.07, 6.45) is -1.28. The Hall–Kier alpha value is -2.64. The number of rotatable bonds is 7. The molecule has 4 rings (SSSR count). The first-order valence-electron chi connectivity index (χ1n) is 10.4. The quantitative estimate of drug-likeness (QED) is 0.259. The Morgan fingerprint density at radius 2 is 1.00 bits per heavy atom. The lowest BCUT2D eigenvalue weighted by Gasteiger charge is -2.16. The van der Waals surface area contributed by atoms with E-state index in [1.165, 1.54) is 6.92 Å². The van der Waals surface area contributed by atoms with Crippen LogP contribution in [0.4, 0.5) is 0 Å². The van der Waals surface area contributed by atoms with Crippen LogP contribution in [-0.4, -0.2) is 104 Å². The summed E-state index contributed by atoms with van der Waals surface area (Å²) in [6.45, 7) is 1.58. The molecule has 0 amide bonds. The summed E-state index contributed by atoms with van der Waals surface area (Å²) in [5, 5.41) is 9.71. The molecule has 4 saturated heterocycles. The average molecular weight is 468 g/mol. The second-order valence-corrected chi connectivity index (χ2v) is 7.96. The Bertz CT molecular complexity index is 850. The first-order valence-corrected chi connectivity index (χ1v) is 10.4. The van der Waals surface area contributed by atoms with Crippen LogP contribution in [0.5, 0.6) is 0 Å². The molecule has 0 unspecified atom stereocenters. The number of carbonyl (C=O) groups excluding carboxylic acids is 4. The van der Waals surface area contributed by atoms with Crippen molar-refractivity contribution >= 4 is 23.7 Å². The van der Waals surface area contributed by atoms with Crippen molar-refractivity contribution < 1.29 is 57.4 Å². The lowest BCUT2D eigenvalue weighted by Crippen LogP contribution is -2.35. The topological polar surface area (TPSA) is 153 Å². The first kappa shape index (κ1) is 23.5. The fourth-order valence-corrected chi connectivity index (χ4v) is 4.06. The van der Waals surface area contributed by atoms with Gasteiger partial charge >= 0.3 is 17.9 Å². The van der Waals surface area contributed by atoms with Crippen LogP contribution < -0.4 is 0 Å². The minimum absolute atomic E-state index is 0.0266. The molecule has 12 nitrogen and oxygen atoms in total. The Balaban J connectivity index is 1.22. The normalized spacial score (nSPS) is 37.3. The number of ketones is 1. The molecule has 0 aromatic carbocycles. The number of aliphatic hydroxyl groups is 1. The minimum atomic E-state index is -0.803. The minimum Gasteiger partial charge on any atom is -0.454 e. The van der Waals surface area contributed by atoms with Gasteiger partial charge in [-0.1, -0.05) is 0 Å². The van der Waals surface area contributed by atoms with E-state index >= 15 is 0 Å². The van der Waals surface area contributed by atoms with E-state index in [-0.39, 0.29) is 32.2 Å². The van der Waals surface area contributed by atoms with Crippen molar-refractivity contribution in [3.63, 3.8) is 0 Å². The van der Waals surface area contributed by atoms with Crippen LogP contribution in [-0.2, 0) is 52.3 Å². The van der Waals surface area contributed by atoms with Gasteiger partial charge in [0.25, 0.3) is 0 Å². The summed E-state index contributed by atoms with van der Waals surface area (Å²) in [5.74, 6) is -2.58. The molecule has 4 aliphatic rings. The predicted octanol–water partition coefficient (Wildman–Crippen LogP) is -1.62. The fourth-order valence-electron chi connectivity index (χ4n) is 4.06. The Morgan fingerprint density at radius 3 is 1.45 bits per heavy atom. The molecule has 0 aromatic heterocycles. The van der Waals surface area contributed by atoms with E-state index in [1.807, 2.05) is 0 Å². The molecule has 180 valence electrons. The first-order chi connectivity index (χ1) is 15.8. The summed E-state index contributed by atoms with van der Waals surface area (Å²) >= 11 is 0. The number of hydrogen-bond donors (Lipinski definition) is 1. The van der Waals surface area contributed by atoms with Gasteiger partial charge in [-0.15, -0.1) is 0 Å². The second-order valence-electron chi connectivity index (χ2n) is 7.96. The molecular weight excluding hydrogens is 444 g/mol. The monoisotopic (exact) mass is 468 g/mol. The molecule has 4 heterocycles. The zero-order valence-electron chi connectivity index (χ0n) is 17.7. The molecule has 0 spiro atoms. The van der Waals surface area contributed by atoms with E-state index in [9.17, 15) is 24.3 Å². The van der Waals surface area contributed by atoms with E-state index in [1.54, 1.807) is 0 Å². The van der Waals surface area contributed by atoms with Gasteiger partial charge in [0.05, 0.1) is 26.4 Å². The van der Waals surface area contributed by atoms with Crippen LogP contribution >= 0.6 is 0 Å². The second kappa shape index (κ2) is 10.1. The average Bonchev–Trinajstić information content (AvgIpc) is 3.52. The number of hydrogen-bond acceptors (Lipinski definition) is 12. The van der Waals surface area contributed by atoms with Crippen LogP contribution in [0, 0.1) is 0 Å². The molecule has 4 aliphatic heterocycles. The highest BCUT2D eigenvalue weighted by atomic mass is 16.7. The molecule has 8 atom stereocenters.